The third kappa shape index (κ3) is 5.16. The van der Waals surface area contributed by atoms with Crippen molar-refractivity contribution < 1.29 is 26.3 Å². The summed E-state index contributed by atoms with van der Waals surface area (Å²) in [6.45, 7) is 0.649. The van der Waals surface area contributed by atoms with E-state index >= 15 is 0 Å². The molecule has 0 spiro atoms. The molecule has 0 radical (unpaired) electrons. The van der Waals surface area contributed by atoms with Gasteiger partial charge in [0.1, 0.15) is 5.69 Å². The molecule has 26 heavy (non-hydrogen) atoms. The number of rotatable bonds is 4. The minimum Gasteiger partial charge on any atom is -1.00 e. The monoisotopic (exact) mass is 427 g/mol. The average Bonchev–Trinajstić information content (AvgIpc) is 2.63. The van der Waals surface area contributed by atoms with Gasteiger partial charge in [-0.25, -0.2) is 0 Å². The lowest BCUT2D eigenvalue weighted by Crippen LogP contribution is -3.00. The zero-order valence-electron chi connectivity index (χ0n) is 13.7. The molecule has 6 heteroatoms. The van der Waals surface area contributed by atoms with Crippen molar-refractivity contribution in [2.24, 2.45) is 0 Å². The van der Waals surface area contributed by atoms with E-state index in [-0.39, 0.29) is 22.9 Å². The van der Waals surface area contributed by atoms with Gasteiger partial charge in [-0.15, -0.1) is 0 Å². The molecule has 0 atom stereocenters. The van der Waals surface area contributed by atoms with Crippen LogP contribution in [-0.2, 0) is 6.54 Å². The van der Waals surface area contributed by atoms with Crippen LogP contribution in [0.1, 0.15) is 21.5 Å². The van der Waals surface area contributed by atoms with Crippen LogP contribution in [0.3, 0.4) is 0 Å². The first-order chi connectivity index (χ1) is 12.1. The van der Waals surface area contributed by atoms with Crippen LogP contribution in [-0.4, -0.2) is 5.91 Å². The lowest BCUT2D eigenvalue weighted by atomic mass is 10.1. The summed E-state index contributed by atoms with van der Waals surface area (Å²) in [5.74, 6) is -0.187. The Morgan fingerprint density at radius 3 is 2.42 bits per heavy atom. The third-order valence-electron chi connectivity index (χ3n) is 3.67. The van der Waals surface area contributed by atoms with Crippen LogP contribution in [0.5, 0.6) is 0 Å². The Labute approximate surface area is 167 Å². The summed E-state index contributed by atoms with van der Waals surface area (Å²) in [6, 6.07) is 20.0. The van der Waals surface area contributed by atoms with Gasteiger partial charge in [0.15, 0.2) is 18.9 Å². The van der Waals surface area contributed by atoms with Crippen molar-refractivity contribution in [1.82, 2.24) is 0 Å². The van der Waals surface area contributed by atoms with Crippen molar-refractivity contribution in [3.8, 4) is 6.07 Å². The highest BCUT2D eigenvalue weighted by atomic mass is 79.9. The van der Waals surface area contributed by atoms with E-state index in [1.807, 2.05) is 41.2 Å². The number of amides is 1. The predicted octanol–water partition coefficient (Wildman–Crippen LogP) is 0.804. The molecule has 0 bridgehead atoms. The van der Waals surface area contributed by atoms with Crippen molar-refractivity contribution in [3.05, 3.63) is 94.8 Å². The number of nitrogens with zero attached hydrogens (tertiary/aromatic N) is 2. The summed E-state index contributed by atoms with van der Waals surface area (Å²) in [6.07, 6.45) is 3.79. The molecule has 130 valence electrons. The number of halogens is 2. The number of nitrogens with one attached hydrogen (secondary N) is 1. The largest absolute Gasteiger partial charge is 1.00 e. The quantitative estimate of drug-likeness (QED) is 0.625. The Balaban J connectivity index is 0.00000243. The smallest absolute Gasteiger partial charge is 0.255 e. The standard InChI is InChI=1S/C20H14ClN3O.BrH/c21-18-9-7-17(8-10-18)20(25)23-19-2-1-11-24(14-19)13-16-5-3-15(12-22)4-6-16;/h1-11,14H,13H2;1H. The molecular weight excluding hydrogens is 414 g/mol. The molecule has 0 unspecified atom stereocenters. The van der Waals surface area contributed by atoms with Gasteiger partial charge in [0, 0.05) is 22.2 Å². The van der Waals surface area contributed by atoms with Crippen LogP contribution in [0.25, 0.3) is 0 Å². The van der Waals surface area contributed by atoms with Gasteiger partial charge >= 0.3 is 0 Å². The zero-order valence-corrected chi connectivity index (χ0v) is 16.0. The number of benzene rings is 2. The maximum absolute atomic E-state index is 12.3. The van der Waals surface area contributed by atoms with Gasteiger partial charge in [0.05, 0.1) is 11.6 Å². The number of anilines is 1. The van der Waals surface area contributed by atoms with Crippen molar-refractivity contribution in [3.63, 3.8) is 0 Å². The molecule has 2 aromatic carbocycles. The molecule has 0 saturated carbocycles. The van der Waals surface area contributed by atoms with Crippen LogP contribution < -0.4 is 26.9 Å². The van der Waals surface area contributed by atoms with E-state index in [4.69, 9.17) is 16.9 Å². The lowest BCUT2D eigenvalue weighted by molar-refractivity contribution is -0.687. The molecule has 1 heterocycles. The first-order valence-corrected chi connectivity index (χ1v) is 8.07. The van der Waals surface area contributed by atoms with Crippen LogP contribution >= 0.6 is 11.6 Å². The maximum atomic E-state index is 12.3. The molecule has 0 aliphatic rings. The number of carbonyl (C=O) groups excluding carboxylic acids is 1. The zero-order chi connectivity index (χ0) is 17.6. The fourth-order valence-corrected chi connectivity index (χ4v) is 2.52. The van der Waals surface area contributed by atoms with Gasteiger partial charge in [0.2, 0.25) is 0 Å². The van der Waals surface area contributed by atoms with Crippen molar-refractivity contribution in [2.45, 2.75) is 6.54 Å². The Hall–Kier alpha value is -2.68. The van der Waals surface area contributed by atoms with Gasteiger partial charge in [-0.3, -0.25) is 4.79 Å². The molecule has 1 aromatic heterocycles. The third-order valence-corrected chi connectivity index (χ3v) is 3.92. The van der Waals surface area contributed by atoms with E-state index in [9.17, 15) is 4.79 Å². The topological polar surface area (TPSA) is 56.8 Å². The van der Waals surface area contributed by atoms with Crippen molar-refractivity contribution in [2.75, 3.05) is 5.32 Å². The summed E-state index contributed by atoms with van der Waals surface area (Å²) in [5, 5.41) is 12.3. The van der Waals surface area contributed by atoms with Gasteiger partial charge in [-0.1, -0.05) is 23.7 Å². The maximum Gasteiger partial charge on any atom is 0.255 e. The molecule has 1 N–H and O–H groups in total. The predicted molar refractivity (Wildman–Crippen MR) is 96.3 cm³/mol. The van der Waals surface area contributed by atoms with E-state index in [2.05, 4.69) is 11.4 Å². The van der Waals surface area contributed by atoms with Gasteiger partial charge in [-0.05, 0) is 42.5 Å². The van der Waals surface area contributed by atoms with Crippen LogP contribution in [0.4, 0.5) is 5.69 Å². The normalized spacial score (nSPS) is 9.69. The average molecular weight is 429 g/mol. The fraction of sp³-hybridized carbons (Fsp3) is 0.0500. The Kier molecular flexibility index (Phi) is 6.90. The number of pyridine rings is 1. The van der Waals surface area contributed by atoms with E-state index in [1.54, 1.807) is 36.4 Å². The van der Waals surface area contributed by atoms with Gasteiger partial charge in [0.25, 0.3) is 5.91 Å². The molecule has 3 rings (SSSR count). The SMILES string of the molecule is N#Cc1ccc(C[n+]2cccc(NC(=O)c3ccc(Cl)cc3)c2)cc1.[Br-]. The van der Waals surface area contributed by atoms with Crippen molar-refractivity contribution >= 4 is 23.2 Å². The summed E-state index contributed by atoms with van der Waals surface area (Å²) in [4.78, 5) is 12.3. The van der Waals surface area contributed by atoms with Crippen LogP contribution in [0, 0.1) is 11.3 Å². The summed E-state index contributed by atoms with van der Waals surface area (Å²) < 4.78 is 1.97. The molecular formula is C20H15BrClN3O. The van der Waals surface area contributed by atoms with Gasteiger partial charge in [-0.2, -0.15) is 9.83 Å². The molecule has 1 amide bonds. The van der Waals surface area contributed by atoms with Gasteiger partial charge < -0.3 is 22.3 Å². The first kappa shape index (κ1) is 19.6. The molecule has 0 aliphatic carbocycles. The highest BCUT2D eigenvalue weighted by Gasteiger charge is 2.09. The van der Waals surface area contributed by atoms with E-state index < -0.39 is 0 Å². The Morgan fingerprint density at radius 1 is 1.08 bits per heavy atom. The summed E-state index contributed by atoms with van der Waals surface area (Å²) >= 11 is 5.84. The minimum absolute atomic E-state index is 0. The number of carbonyl (C=O) groups is 1. The summed E-state index contributed by atoms with van der Waals surface area (Å²) in [5.41, 5.74) is 2.96. The number of hydrogen-bond acceptors (Lipinski definition) is 2. The molecule has 0 aliphatic heterocycles. The Bertz CT molecular complexity index is 935. The van der Waals surface area contributed by atoms with Crippen molar-refractivity contribution in [1.29, 1.82) is 5.26 Å². The minimum atomic E-state index is -0.187. The number of hydrogen-bond donors (Lipinski definition) is 1. The second-order valence-electron chi connectivity index (χ2n) is 5.53. The van der Waals surface area contributed by atoms with Crippen LogP contribution in [0.15, 0.2) is 73.1 Å². The lowest BCUT2D eigenvalue weighted by Gasteiger charge is -2.05. The highest BCUT2D eigenvalue weighted by Crippen LogP contribution is 2.12. The Morgan fingerprint density at radius 2 is 1.77 bits per heavy atom. The highest BCUT2D eigenvalue weighted by molar-refractivity contribution is 6.30. The second-order valence-corrected chi connectivity index (χ2v) is 5.97. The van der Waals surface area contributed by atoms with E-state index in [0.29, 0.717) is 28.4 Å². The molecule has 4 nitrogen and oxygen atoms in total. The molecule has 0 saturated heterocycles. The van der Waals surface area contributed by atoms with Crippen LogP contribution in [0.2, 0.25) is 5.02 Å². The fourth-order valence-electron chi connectivity index (χ4n) is 2.39. The van der Waals surface area contributed by atoms with E-state index in [1.165, 1.54) is 0 Å². The number of nitriles is 1. The number of aromatic nitrogens is 1. The molecule has 0 fully saturated rings. The van der Waals surface area contributed by atoms with E-state index in [0.717, 1.165) is 5.56 Å². The summed E-state index contributed by atoms with van der Waals surface area (Å²) in [7, 11) is 0. The second kappa shape index (κ2) is 9.14. The first-order valence-electron chi connectivity index (χ1n) is 7.69. The molecule has 3 aromatic rings.